The molecule has 6 heteroatoms. The molecule has 1 aromatic rings. The Morgan fingerprint density at radius 3 is 2.83 bits per heavy atom. The van der Waals surface area contributed by atoms with Crippen LogP contribution in [-0.4, -0.2) is 66.3 Å². The molecule has 0 bridgehead atoms. The van der Waals surface area contributed by atoms with Crippen molar-refractivity contribution in [2.75, 3.05) is 39.4 Å². The van der Waals surface area contributed by atoms with Crippen LogP contribution in [0.15, 0.2) is 4.52 Å². The van der Waals surface area contributed by atoms with E-state index in [-0.39, 0.29) is 5.91 Å². The minimum Gasteiger partial charge on any atom is -0.380 e. The molecule has 3 rings (SSSR count). The Hall–Kier alpha value is -1.40. The van der Waals surface area contributed by atoms with Crippen molar-refractivity contribution in [3.8, 4) is 0 Å². The molecule has 0 radical (unpaired) electrons. The number of aromatic nitrogens is 1. The minimum absolute atomic E-state index is 0.245. The molecule has 3 heterocycles. The molecule has 2 aliphatic heterocycles. The van der Waals surface area contributed by atoms with Crippen molar-refractivity contribution in [3.63, 3.8) is 0 Å². The van der Waals surface area contributed by atoms with Gasteiger partial charge in [-0.05, 0) is 33.1 Å². The third-order valence-corrected chi connectivity index (χ3v) is 5.08. The Morgan fingerprint density at radius 1 is 1.26 bits per heavy atom. The summed E-state index contributed by atoms with van der Waals surface area (Å²) in [5, 5.41) is 3.96. The van der Waals surface area contributed by atoms with Gasteiger partial charge in [0.1, 0.15) is 5.76 Å². The number of carbonyl (C=O) groups is 1. The summed E-state index contributed by atoms with van der Waals surface area (Å²) in [6, 6.07) is 0.548. The molecule has 2 aliphatic rings. The second-order valence-electron chi connectivity index (χ2n) is 6.59. The highest BCUT2D eigenvalue weighted by atomic mass is 16.5. The van der Waals surface area contributed by atoms with Gasteiger partial charge in [0, 0.05) is 50.8 Å². The molecular weight excluding hydrogens is 294 g/mol. The highest BCUT2D eigenvalue weighted by molar-refractivity contribution is 5.76. The summed E-state index contributed by atoms with van der Waals surface area (Å²) in [4.78, 5) is 17.0. The van der Waals surface area contributed by atoms with Gasteiger partial charge in [0.2, 0.25) is 5.91 Å². The number of amides is 1. The molecule has 1 unspecified atom stereocenters. The smallest absolute Gasteiger partial charge is 0.222 e. The Labute approximate surface area is 137 Å². The van der Waals surface area contributed by atoms with Crippen molar-refractivity contribution in [2.45, 2.75) is 45.6 Å². The maximum Gasteiger partial charge on any atom is 0.222 e. The van der Waals surface area contributed by atoms with Gasteiger partial charge in [0.15, 0.2) is 0 Å². The van der Waals surface area contributed by atoms with E-state index in [9.17, 15) is 4.79 Å². The average Bonchev–Trinajstić information content (AvgIpc) is 3.10. The molecule has 23 heavy (non-hydrogen) atoms. The number of rotatable bonds is 4. The monoisotopic (exact) mass is 321 g/mol. The lowest BCUT2D eigenvalue weighted by atomic mass is 10.1. The number of nitrogens with zero attached hydrogens (tertiary/aromatic N) is 3. The lowest BCUT2D eigenvalue weighted by Gasteiger charge is -2.26. The van der Waals surface area contributed by atoms with Gasteiger partial charge >= 0.3 is 0 Å². The fourth-order valence-corrected chi connectivity index (χ4v) is 3.61. The molecule has 0 aliphatic carbocycles. The molecule has 0 saturated carbocycles. The predicted molar refractivity (Wildman–Crippen MR) is 86.3 cm³/mol. The van der Waals surface area contributed by atoms with Gasteiger partial charge in [-0.25, -0.2) is 0 Å². The van der Waals surface area contributed by atoms with Crippen LogP contribution >= 0.6 is 0 Å². The first kappa shape index (κ1) is 16.5. The molecular formula is C17H27N3O3. The van der Waals surface area contributed by atoms with Crippen LogP contribution < -0.4 is 0 Å². The largest absolute Gasteiger partial charge is 0.380 e. The molecule has 2 fully saturated rings. The van der Waals surface area contributed by atoms with Gasteiger partial charge in [-0.3, -0.25) is 9.69 Å². The van der Waals surface area contributed by atoms with E-state index in [0.29, 0.717) is 12.5 Å². The number of hydrogen-bond donors (Lipinski definition) is 0. The van der Waals surface area contributed by atoms with Gasteiger partial charge in [0.25, 0.3) is 0 Å². The van der Waals surface area contributed by atoms with Crippen LogP contribution in [0, 0.1) is 13.8 Å². The zero-order chi connectivity index (χ0) is 16.2. The summed E-state index contributed by atoms with van der Waals surface area (Å²) < 4.78 is 10.7. The van der Waals surface area contributed by atoms with Crippen molar-refractivity contribution in [3.05, 3.63) is 17.0 Å². The molecule has 0 N–H and O–H groups in total. The van der Waals surface area contributed by atoms with Gasteiger partial charge in [-0.1, -0.05) is 5.16 Å². The van der Waals surface area contributed by atoms with E-state index in [2.05, 4.69) is 10.1 Å². The molecule has 6 nitrogen and oxygen atoms in total. The summed E-state index contributed by atoms with van der Waals surface area (Å²) in [5.41, 5.74) is 1.98. The Morgan fingerprint density at radius 2 is 2.13 bits per heavy atom. The summed E-state index contributed by atoms with van der Waals surface area (Å²) in [6.45, 7) is 9.30. The number of aryl methyl sites for hydroxylation is 2. The van der Waals surface area contributed by atoms with Crippen molar-refractivity contribution >= 4 is 5.91 Å². The van der Waals surface area contributed by atoms with E-state index in [1.54, 1.807) is 0 Å². The highest BCUT2D eigenvalue weighted by Crippen LogP contribution is 2.17. The van der Waals surface area contributed by atoms with Crippen LogP contribution in [-0.2, 0) is 16.0 Å². The van der Waals surface area contributed by atoms with Crippen LogP contribution in [0.4, 0.5) is 0 Å². The summed E-state index contributed by atoms with van der Waals surface area (Å²) >= 11 is 0. The van der Waals surface area contributed by atoms with E-state index in [1.165, 1.54) is 0 Å². The molecule has 2 saturated heterocycles. The van der Waals surface area contributed by atoms with Crippen molar-refractivity contribution in [1.82, 2.24) is 15.0 Å². The van der Waals surface area contributed by atoms with E-state index in [1.807, 2.05) is 18.7 Å². The SMILES string of the molecule is Cc1noc(C)c1CCC(=O)N1CCCN(C2CCOC2)CC1. The van der Waals surface area contributed by atoms with Crippen molar-refractivity contribution in [2.24, 2.45) is 0 Å². The minimum atomic E-state index is 0.245. The number of carbonyl (C=O) groups excluding carboxylic acids is 1. The zero-order valence-corrected chi connectivity index (χ0v) is 14.2. The number of ether oxygens (including phenoxy) is 1. The van der Waals surface area contributed by atoms with Crippen LogP contribution in [0.2, 0.25) is 0 Å². The second kappa shape index (κ2) is 7.45. The van der Waals surface area contributed by atoms with Crippen LogP contribution in [0.5, 0.6) is 0 Å². The predicted octanol–water partition coefficient (Wildman–Crippen LogP) is 1.55. The first-order valence-corrected chi connectivity index (χ1v) is 8.66. The molecule has 1 atom stereocenters. The zero-order valence-electron chi connectivity index (χ0n) is 14.2. The first-order chi connectivity index (χ1) is 11.1. The lowest BCUT2D eigenvalue weighted by Crippen LogP contribution is -2.39. The quantitative estimate of drug-likeness (QED) is 0.842. The van der Waals surface area contributed by atoms with E-state index in [0.717, 1.165) is 75.7 Å². The molecule has 1 aromatic heterocycles. The molecule has 0 aromatic carbocycles. The van der Waals surface area contributed by atoms with Gasteiger partial charge in [-0.2, -0.15) is 0 Å². The molecule has 1 amide bonds. The van der Waals surface area contributed by atoms with E-state index >= 15 is 0 Å². The standard InChI is InChI=1S/C17H27N3O3/c1-13-16(14(2)23-18-13)4-5-17(21)20-8-3-7-19(9-10-20)15-6-11-22-12-15/h15H,3-12H2,1-2H3. The molecule has 0 spiro atoms. The van der Waals surface area contributed by atoms with E-state index < -0.39 is 0 Å². The Balaban J connectivity index is 1.50. The number of hydrogen-bond acceptors (Lipinski definition) is 5. The summed E-state index contributed by atoms with van der Waals surface area (Å²) in [6.07, 6.45) is 3.43. The Kier molecular flexibility index (Phi) is 5.33. The van der Waals surface area contributed by atoms with Gasteiger partial charge in [-0.15, -0.1) is 0 Å². The van der Waals surface area contributed by atoms with Crippen LogP contribution in [0.25, 0.3) is 0 Å². The van der Waals surface area contributed by atoms with Crippen LogP contribution in [0.1, 0.15) is 36.3 Å². The fourth-order valence-electron chi connectivity index (χ4n) is 3.61. The van der Waals surface area contributed by atoms with Crippen molar-refractivity contribution < 1.29 is 14.1 Å². The maximum atomic E-state index is 12.5. The first-order valence-electron chi connectivity index (χ1n) is 8.66. The lowest BCUT2D eigenvalue weighted by molar-refractivity contribution is -0.131. The second-order valence-corrected chi connectivity index (χ2v) is 6.59. The Bertz CT molecular complexity index is 518. The average molecular weight is 321 g/mol. The van der Waals surface area contributed by atoms with Crippen molar-refractivity contribution in [1.29, 1.82) is 0 Å². The summed E-state index contributed by atoms with van der Waals surface area (Å²) in [5.74, 6) is 1.08. The third-order valence-electron chi connectivity index (χ3n) is 5.08. The molecule has 128 valence electrons. The van der Waals surface area contributed by atoms with Gasteiger partial charge in [0.05, 0.1) is 12.3 Å². The summed E-state index contributed by atoms with van der Waals surface area (Å²) in [7, 11) is 0. The third kappa shape index (κ3) is 3.93. The van der Waals surface area contributed by atoms with E-state index in [4.69, 9.17) is 9.26 Å². The maximum absolute atomic E-state index is 12.5. The topological polar surface area (TPSA) is 58.8 Å². The highest BCUT2D eigenvalue weighted by Gasteiger charge is 2.26. The van der Waals surface area contributed by atoms with Gasteiger partial charge < -0.3 is 14.2 Å². The van der Waals surface area contributed by atoms with Crippen LogP contribution in [0.3, 0.4) is 0 Å². The fraction of sp³-hybridized carbons (Fsp3) is 0.765. The normalized spacial score (nSPS) is 23.2.